The molecule has 0 aromatic heterocycles. The third-order valence-corrected chi connectivity index (χ3v) is 7.47. The SMILES string of the molecule is CCOC(=O)c1ccc(NC(=O)C2CCN(S(=O)(=O)c3ccc(OCC)c(C)c3)CC2)cc1. The van der Waals surface area contributed by atoms with Crippen molar-refractivity contribution in [3.63, 3.8) is 0 Å². The zero-order valence-corrected chi connectivity index (χ0v) is 20.0. The summed E-state index contributed by atoms with van der Waals surface area (Å²) in [6.45, 7) is 6.79. The van der Waals surface area contributed by atoms with Gasteiger partial charge >= 0.3 is 5.97 Å². The highest BCUT2D eigenvalue weighted by Crippen LogP contribution is 2.28. The van der Waals surface area contributed by atoms with Crippen molar-refractivity contribution in [2.75, 3.05) is 31.6 Å². The number of esters is 1. The molecule has 8 nitrogen and oxygen atoms in total. The van der Waals surface area contributed by atoms with Crippen LogP contribution in [0.2, 0.25) is 0 Å². The van der Waals surface area contributed by atoms with Crippen molar-refractivity contribution in [2.24, 2.45) is 5.92 Å². The molecule has 33 heavy (non-hydrogen) atoms. The largest absolute Gasteiger partial charge is 0.494 e. The number of nitrogens with zero attached hydrogens (tertiary/aromatic N) is 1. The van der Waals surface area contributed by atoms with Crippen molar-refractivity contribution < 1.29 is 27.5 Å². The van der Waals surface area contributed by atoms with E-state index in [0.717, 1.165) is 5.56 Å². The maximum Gasteiger partial charge on any atom is 0.338 e. The molecule has 1 aliphatic rings. The molecule has 0 bridgehead atoms. The second-order valence-electron chi connectivity index (χ2n) is 7.83. The lowest BCUT2D eigenvalue weighted by atomic mass is 9.97. The topological polar surface area (TPSA) is 102 Å². The van der Waals surface area contributed by atoms with Gasteiger partial charge in [0.1, 0.15) is 5.75 Å². The minimum Gasteiger partial charge on any atom is -0.494 e. The van der Waals surface area contributed by atoms with E-state index < -0.39 is 16.0 Å². The quantitative estimate of drug-likeness (QED) is 0.587. The number of carbonyl (C=O) groups is 2. The molecule has 3 rings (SSSR count). The monoisotopic (exact) mass is 474 g/mol. The number of aryl methyl sites for hydroxylation is 1. The Kier molecular flexibility index (Phi) is 8.10. The molecular weight excluding hydrogens is 444 g/mol. The normalized spacial score (nSPS) is 15.1. The first-order valence-electron chi connectivity index (χ1n) is 11.1. The number of sulfonamides is 1. The second-order valence-corrected chi connectivity index (χ2v) is 9.76. The van der Waals surface area contributed by atoms with Gasteiger partial charge < -0.3 is 14.8 Å². The molecule has 1 aliphatic heterocycles. The molecule has 1 fully saturated rings. The molecule has 0 radical (unpaired) electrons. The fraction of sp³-hybridized carbons (Fsp3) is 0.417. The van der Waals surface area contributed by atoms with E-state index in [4.69, 9.17) is 9.47 Å². The first kappa shape index (κ1) is 24.7. The number of rotatable bonds is 8. The Hall–Kier alpha value is -2.91. The molecule has 2 aromatic rings. The number of anilines is 1. The molecular formula is C24H30N2O6S. The van der Waals surface area contributed by atoms with Gasteiger partial charge in [-0.1, -0.05) is 0 Å². The van der Waals surface area contributed by atoms with Gasteiger partial charge in [-0.3, -0.25) is 4.79 Å². The maximum atomic E-state index is 13.1. The fourth-order valence-corrected chi connectivity index (χ4v) is 5.31. The summed E-state index contributed by atoms with van der Waals surface area (Å²) in [6, 6.07) is 11.4. The van der Waals surface area contributed by atoms with E-state index in [1.165, 1.54) is 4.31 Å². The Labute approximate surface area is 194 Å². The van der Waals surface area contributed by atoms with E-state index in [-0.39, 0.29) is 29.8 Å². The molecule has 1 saturated heterocycles. The Bertz CT molecular complexity index is 1090. The minimum atomic E-state index is -3.64. The van der Waals surface area contributed by atoms with E-state index in [2.05, 4.69) is 5.32 Å². The Morgan fingerprint density at radius 2 is 1.70 bits per heavy atom. The van der Waals surface area contributed by atoms with Crippen LogP contribution in [-0.4, -0.2) is 50.9 Å². The average molecular weight is 475 g/mol. The summed E-state index contributed by atoms with van der Waals surface area (Å²) in [4.78, 5) is 24.6. The highest BCUT2D eigenvalue weighted by atomic mass is 32.2. The zero-order chi connectivity index (χ0) is 24.0. The highest BCUT2D eigenvalue weighted by Gasteiger charge is 2.32. The summed E-state index contributed by atoms with van der Waals surface area (Å²) in [6.07, 6.45) is 0.865. The van der Waals surface area contributed by atoms with E-state index in [9.17, 15) is 18.0 Å². The lowest BCUT2D eigenvalue weighted by Gasteiger charge is -2.30. The summed E-state index contributed by atoms with van der Waals surface area (Å²) >= 11 is 0. The van der Waals surface area contributed by atoms with Gasteiger partial charge in [-0.25, -0.2) is 13.2 Å². The average Bonchev–Trinajstić information content (AvgIpc) is 2.81. The third kappa shape index (κ3) is 5.91. The van der Waals surface area contributed by atoms with E-state index >= 15 is 0 Å². The summed E-state index contributed by atoms with van der Waals surface area (Å²) in [5.74, 6) is -0.190. The van der Waals surface area contributed by atoms with Crippen molar-refractivity contribution >= 4 is 27.6 Å². The molecule has 1 N–H and O–H groups in total. The lowest BCUT2D eigenvalue weighted by Crippen LogP contribution is -2.41. The highest BCUT2D eigenvalue weighted by molar-refractivity contribution is 7.89. The van der Waals surface area contributed by atoms with Gasteiger partial charge in [-0.2, -0.15) is 4.31 Å². The lowest BCUT2D eigenvalue weighted by molar-refractivity contribution is -0.120. The van der Waals surface area contributed by atoms with Crippen LogP contribution in [0.3, 0.4) is 0 Å². The van der Waals surface area contributed by atoms with Gasteiger partial charge in [0, 0.05) is 24.7 Å². The Morgan fingerprint density at radius 3 is 2.27 bits per heavy atom. The van der Waals surface area contributed by atoms with Crippen molar-refractivity contribution in [1.29, 1.82) is 0 Å². The van der Waals surface area contributed by atoms with Gasteiger partial charge in [-0.15, -0.1) is 0 Å². The van der Waals surface area contributed by atoms with Crippen LogP contribution in [0, 0.1) is 12.8 Å². The van der Waals surface area contributed by atoms with E-state index in [0.29, 0.717) is 43.1 Å². The molecule has 0 saturated carbocycles. The maximum absolute atomic E-state index is 13.1. The third-order valence-electron chi connectivity index (χ3n) is 5.57. The minimum absolute atomic E-state index is 0.159. The molecule has 9 heteroatoms. The summed E-state index contributed by atoms with van der Waals surface area (Å²) in [5, 5.41) is 2.85. The number of hydrogen-bond acceptors (Lipinski definition) is 6. The molecule has 2 aromatic carbocycles. The molecule has 1 amide bonds. The number of hydrogen-bond donors (Lipinski definition) is 1. The van der Waals surface area contributed by atoms with Crippen LogP contribution >= 0.6 is 0 Å². The first-order chi connectivity index (χ1) is 15.8. The van der Waals surface area contributed by atoms with Gasteiger partial charge in [-0.05, 0) is 81.6 Å². The molecule has 0 atom stereocenters. The van der Waals surface area contributed by atoms with Crippen LogP contribution in [-0.2, 0) is 19.6 Å². The van der Waals surface area contributed by atoms with Crippen LogP contribution in [0.5, 0.6) is 5.75 Å². The van der Waals surface area contributed by atoms with Crippen LogP contribution in [0.1, 0.15) is 42.6 Å². The molecule has 1 heterocycles. The number of ether oxygens (including phenoxy) is 2. The second kappa shape index (κ2) is 10.8. The van der Waals surface area contributed by atoms with Gasteiger partial charge in [0.05, 0.1) is 23.7 Å². The number of nitrogens with one attached hydrogen (secondary N) is 1. The number of carbonyl (C=O) groups excluding carboxylic acids is 2. The fourth-order valence-electron chi connectivity index (χ4n) is 3.76. The number of benzene rings is 2. The summed E-state index contributed by atoms with van der Waals surface area (Å²) in [7, 11) is -3.64. The molecule has 0 aliphatic carbocycles. The number of amides is 1. The van der Waals surface area contributed by atoms with Gasteiger partial charge in [0.2, 0.25) is 15.9 Å². The van der Waals surface area contributed by atoms with Gasteiger partial charge in [0.25, 0.3) is 0 Å². The van der Waals surface area contributed by atoms with Crippen molar-refractivity contribution in [1.82, 2.24) is 4.31 Å². The van der Waals surface area contributed by atoms with Crippen LogP contribution in [0.15, 0.2) is 47.4 Å². The molecule has 178 valence electrons. The molecule has 0 unspecified atom stereocenters. The van der Waals surface area contributed by atoms with Crippen LogP contribution in [0.25, 0.3) is 0 Å². The van der Waals surface area contributed by atoms with Crippen molar-refractivity contribution in [3.8, 4) is 5.75 Å². The zero-order valence-electron chi connectivity index (χ0n) is 19.2. The van der Waals surface area contributed by atoms with E-state index in [1.807, 2.05) is 13.8 Å². The predicted octanol–water partition coefficient (Wildman–Crippen LogP) is 3.61. The summed E-state index contributed by atoms with van der Waals surface area (Å²) in [5.41, 5.74) is 1.76. The Morgan fingerprint density at radius 1 is 1.03 bits per heavy atom. The van der Waals surface area contributed by atoms with Crippen LogP contribution < -0.4 is 10.1 Å². The number of piperidine rings is 1. The molecule has 0 spiro atoms. The van der Waals surface area contributed by atoms with Crippen LogP contribution in [0.4, 0.5) is 5.69 Å². The van der Waals surface area contributed by atoms with Gasteiger partial charge in [0.15, 0.2) is 0 Å². The standard InChI is InChI=1S/C24H30N2O6S/c1-4-31-22-11-10-21(16-17(22)3)33(29,30)26-14-12-18(13-15-26)23(27)25-20-8-6-19(7-9-20)24(28)32-5-2/h6-11,16,18H,4-5,12-15H2,1-3H3,(H,25,27). The van der Waals surface area contributed by atoms with E-state index in [1.54, 1.807) is 49.4 Å². The van der Waals surface area contributed by atoms with Crippen molar-refractivity contribution in [2.45, 2.75) is 38.5 Å². The first-order valence-corrected chi connectivity index (χ1v) is 12.5. The summed E-state index contributed by atoms with van der Waals surface area (Å²) < 4.78 is 38.0. The predicted molar refractivity (Wildman–Crippen MR) is 125 cm³/mol. The Balaban J connectivity index is 1.58. The smallest absolute Gasteiger partial charge is 0.338 e. The van der Waals surface area contributed by atoms with Crippen molar-refractivity contribution in [3.05, 3.63) is 53.6 Å².